The van der Waals surface area contributed by atoms with Crippen LogP contribution in [0.25, 0.3) is 0 Å². The number of benzene rings is 2. The van der Waals surface area contributed by atoms with Crippen molar-refractivity contribution in [3.8, 4) is 0 Å². The Labute approximate surface area is 179 Å². The van der Waals surface area contributed by atoms with Crippen molar-refractivity contribution in [1.82, 2.24) is 10.2 Å². The SMILES string of the molecule is Cc1ccc(S(=O)(=O)N(C)c2ccccc2C(=O)NCCCN2CCCCC2)cc1. The van der Waals surface area contributed by atoms with Gasteiger partial charge in [0.05, 0.1) is 16.1 Å². The van der Waals surface area contributed by atoms with Crippen molar-refractivity contribution in [3.05, 3.63) is 59.7 Å². The number of anilines is 1. The Morgan fingerprint density at radius 1 is 1.03 bits per heavy atom. The number of likely N-dealkylation sites (tertiary alicyclic amines) is 1. The highest BCUT2D eigenvalue weighted by Crippen LogP contribution is 2.26. The lowest BCUT2D eigenvalue weighted by Crippen LogP contribution is -2.34. The Balaban J connectivity index is 1.67. The second kappa shape index (κ2) is 10.1. The van der Waals surface area contributed by atoms with Gasteiger partial charge in [-0.2, -0.15) is 0 Å². The first-order valence-electron chi connectivity index (χ1n) is 10.5. The summed E-state index contributed by atoms with van der Waals surface area (Å²) in [7, 11) is -2.27. The van der Waals surface area contributed by atoms with E-state index in [1.807, 2.05) is 6.92 Å². The topological polar surface area (TPSA) is 69.7 Å². The minimum Gasteiger partial charge on any atom is -0.352 e. The van der Waals surface area contributed by atoms with E-state index in [4.69, 9.17) is 0 Å². The normalized spacial score (nSPS) is 15.0. The van der Waals surface area contributed by atoms with Gasteiger partial charge in [0.15, 0.2) is 0 Å². The third-order valence-corrected chi connectivity index (χ3v) is 7.34. The molecule has 0 aliphatic carbocycles. The van der Waals surface area contributed by atoms with E-state index in [0.717, 1.165) is 31.6 Å². The Kier molecular flexibility index (Phi) is 7.50. The maximum absolute atomic E-state index is 13.0. The van der Waals surface area contributed by atoms with Crippen LogP contribution in [0.5, 0.6) is 0 Å². The molecule has 1 saturated heterocycles. The number of carbonyl (C=O) groups excluding carboxylic acids is 1. The van der Waals surface area contributed by atoms with Gasteiger partial charge in [0.25, 0.3) is 15.9 Å². The summed E-state index contributed by atoms with van der Waals surface area (Å²) >= 11 is 0. The number of nitrogens with one attached hydrogen (secondary N) is 1. The second-order valence-corrected chi connectivity index (χ2v) is 9.78. The molecule has 0 atom stereocenters. The van der Waals surface area contributed by atoms with Crippen LogP contribution in [-0.2, 0) is 10.0 Å². The standard InChI is InChI=1S/C23H31N3O3S/c1-19-11-13-20(14-12-19)30(28,29)25(2)22-10-5-4-9-21(22)23(27)24-15-8-18-26-16-6-3-7-17-26/h4-5,9-14H,3,6-8,15-18H2,1-2H3,(H,24,27). The van der Waals surface area contributed by atoms with Gasteiger partial charge in [0.1, 0.15) is 0 Å². The first-order chi connectivity index (χ1) is 14.4. The summed E-state index contributed by atoms with van der Waals surface area (Å²) in [5, 5.41) is 2.95. The molecule has 1 amide bonds. The molecule has 3 rings (SSSR count). The van der Waals surface area contributed by atoms with E-state index in [1.54, 1.807) is 48.5 Å². The number of carbonyl (C=O) groups is 1. The first-order valence-corrected chi connectivity index (χ1v) is 12.0. The van der Waals surface area contributed by atoms with E-state index in [9.17, 15) is 13.2 Å². The minimum atomic E-state index is -3.76. The summed E-state index contributed by atoms with van der Waals surface area (Å²) < 4.78 is 27.3. The lowest BCUT2D eigenvalue weighted by atomic mass is 10.1. The van der Waals surface area contributed by atoms with Gasteiger partial charge in [-0.25, -0.2) is 8.42 Å². The maximum Gasteiger partial charge on any atom is 0.264 e. The number of rotatable bonds is 8. The summed E-state index contributed by atoms with van der Waals surface area (Å²) in [6, 6.07) is 13.5. The zero-order valence-electron chi connectivity index (χ0n) is 17.8. The van der Waals surface area contributed by atoms with Gasteiger partial charge in [0.2, 0.25) is 0 Å². The summed E-state index contributed by atoms with van der Waals surface area (Å²) in [5.74, 6) is -0.254. The fourth-order valence-electron chi connectivity index (χ4n) is 3.72. The second-order valence-electron chi connectivity index (χ2n) is 7.81. The lowest BCUT2D eigenvalue weighted by Gasteiger charge is -2.26. The van der Waals surface area contributed by atoms with Crippen LogP contribution in [0.15, 0.2) is 53.4 Å². The zero-order valence-corrected chi connectivity index (χ0v) is 18.6. The molecule has 162 valence electrons. The minimum absolute atomic E-state index is 0.201. The number of aryl methyl sites for hydroxylation is 1. The van der Waals surface area contributed by atoms with Crippen LogP contribution >= 0.6 is 0 Å². The van der Waals surface area contributed by atoms with Crippen molar-refractivity contribution in [2.45, 2.75) is 37.5 Å². The fraction of sp³-hybridized carbons (Fsp3) is 0.435. The Morgan fingerprint density at radius 3 is 2.40 bits per heavy atom. The average Bonchev–Trinajstić information content (AvgIpc) is 2.77. The summed E-state index contributed by atoms with van der Waals surface area (Å²) in [5.41, 5.74) is 1.71. The molecule has 0 unspecified atom stereocenters. The highest BCUT2D eigenvalue weighted by atomic mass is 32.2. The zero-order chi connectivity index (χ0) is 21.6. The highest BCUT2D eigenvalue weighted by Gasteiger charge is 2.25. The van der Waals surface area contributed by atoms with E-state index >= 15 is 0 Å². The molecule has 1 aliphatic heterocycles. The van der Waals surface area contributed by atoms with Crippen LogP contribution in [0.1, 0.15) is 41.6 Å². The highest BCUT2D eigenvalue weighted by molar-refractivity contribution is 7.92. The number of nitrogens with zero attached hydrogens (tertiary/aromatic N) is 2. The number of amides is 1. The third kappa shape index (κ3) is 5.40. The van der Waals surface area contributed by atoms with Crippen LogP contribution in [0.3, 0.4) is 0 Å². The Hall–Kier alpha value is -2.38. The van der Waals surface area contributed by atoms with Crippen molar-refractivity contribution in [2.24, 2.45) is 0 Å². The van der Waals surface area contributed by atoms with Crippen molar-refractivity contribution >= 4 is 21.6 Å². The van der Waals surface area contributed by atoms with Crippen molar-refractivity contribution in [2.75, 3.05) is 37.5 Å². The number of piperidine rings is 1. The number of sulfonamides is 1. The summed E-state index contributed by atoms with van der Waals surface area (Å²) in [4.78, 5) is 15.4. The van der Waals surface area contributed by atoms with Crippen LogP contribution in [-0.4, -0.2) is 52.5 Å². The molecule has 1 N–H and O–H groups in total. The maximum atomic E-state index is 13.0. The largest absolute Gasteiger partial charge is 0.352 e. The van der Waals surface area contributed by atoms with Crippen LogP contribution in [0.2, 0.25) is 0 Å². The van der Waals surface area contributed by atoms with Gasteiger partial charge < -0.3 is 10.2 Å². The van der Waals surface area contributed by atoms with Gasteiger partial charge in [0, 0.05) is 13.6 Å². The van der Waals surface area contributed by atoms with Gasteiger partial charge in [-0.1, -0.05) is 36.2 Å². The van der Waals surface area contributed by atoms with E-state index in [2.05, 4.69) is 10.2 Å². The lowest BCUT2D eigenvalue weighted by molar-refractivity contribution is 0.0952. The number of hydrogen-bond acceptors (Lipinski definition) is 4. The molecule has 0 saturated carbocycles. The molecule has 1 fully saturated rings. The van der Waals surface area contributed by atoms with E-state index < -0.39 is 10.0 Å². The molecule has 0 spiro atoms. The molecule has 30 heavy (non-hydrogen) atoms. The number of para-hydroxylation sites is 1. The van der Waals surface area contributed by atoms with Crippen molar-refractivity contribution < 1.29 is 13.2 Å². The van der Waals surface area contributed by atoms with E-state index in [-0.39, 0.29) is 10.8 Å². The molecule has 1 aliphatic rings. The predicted molar refractivity (Wildman–Crippen MR) is 120 cm³/mol. The van der Waals surface area contributed by atoms with Gasteiger partial charge in [-0.3, -0.25) is 9.10 Å². The van der Waals surface area contributed by atoms with Crippen LogP contribution < -0.4 is 9.62 Å². The molecular formula is C23H31N3O3S. The molecule has 1 heterocycles. The predicted octanol–water partition coefficient (Wildman–Crippen LogP) is 3.43. The van der Waals surface area contributed by atoms with Crippen LogP contribution in [0, 0.1) is 6.92 Å². The summed E-state index contributed by atoms with van der Waals surface area (Å²) in [6.07, 6.45) is 4.69. The molecule has 2 aromatic rings. The Morgan fingerprint density at radius 2 is 1.70 bits per heavy atom. The monoisotopic (exact) mass is 429 g/mol. The molecule has 7 heteroatoms. The average molecular weight is 430 g/mol. The molecule has 6 nitrogen and oxygen atoms in total. The van der Waals surface area contributed by atoms with Gasteiger partial charge in [-0.15, -0.1) is 0 Å². The third-order valence-electron chi connectivity index (χ3n) is 5.55. The summed E-state index contributed by atoms with van der Waals surface area (Å²) in [6.45, 7) is 5.73. The fourth-order valence-corrected chi connectivity index (χ4v) is 4.94. The molecular weight excluding hydrogens is 398 g/mol. The number of hydrogen-bond donors (Lipinski definition) is 1. The van der Waals surface area contributed by atoms with E-state index in [0.29, 0.717) is 17.8 Å². The van der Waals surface area contributed by atoms with E-state index in [1.165, 1.54) is 30.6 Å². The smallest absolute Gasteiger partial charge is 0.264 e. The van der Waals surface area contributed by atoms with Crippen molar-refractivity contribution in [1.29, 1.82) is 0 Å². The quantitative estimate of drug-likeness (QED) is 0.653. The van der Waals surface area contributed by atoms with Crippen LogP contribution in [0.4, 0.5) is 5.69 Å². The molecule has 0 radical (unpaired) electrons. The molecule has 0 aromatic heterocycles. The Bertz CT molecular complexity index is 952. The van der Waals surface area contributed by atoms with Gasteiger partial charge in [-0.05, 0) is 70.1 Å². The van der Waals surface area contributed by atoms with Gasteiger partial charge >= 0.3 is 0 Å². The molecule has 2 aromatic carbocycles. The first kappa shape index (κ1) is 22.3. The molecule has 0 bridgehead atoms. The van der Waals surface area contributed by atoms with Crippen molar-refractivity contribution in [3.63, 3.8) is 0 Å².